The fraction of sp³-hybridized carbons (Fsp3) is 0.353. The van der Waals surface area contributed by atoms with Gasteiger partial charge >= 0.3 is 0 Å². The Morgan fingerprint density at radius 1 is 1.33 bits per heavy atom. The number of anilines is 1. The van der Waals surface area contributed by atoms with Crippen molar-refractivity contribution in [2.45, 2.75) is 31.4 Å². The Morgan fingerprint density at radius 2 is 2.11 bits per heavy atom. The van der Waals surface area contributed by atoms with E-state index in [1.54, 1.807) is 17.8 Å². The predicted molar refractivity (Wildman–Crippen MR) is 102 cm³/mol. The van der Waals surface area contributed by atoms with Crippen LogP contribution in [0.1, 0.15) is 35.0 Å². The standard InChI is InChI=1S/C17H19N5O4S/c1-2-7-18-15(23)8-21-16(12-9-27-10-13(12)20-21)19-17(24)11-5-3-4-6-14(11)22(25)26/h3-6H,2,7-10H2,1H3,(H,18,23)(H,19,24). The second kappa shape index (κ2) is 8.21. The summed E-state index contributed by atoms with van der Waals surface area (Å²) in [6.45, 7) is 2.50. The summed E-state index contributed by atoms with van der Waals surface area (Å²) in [5.41, 5.74) is 1.37. The molecule has 0 spiro atoms. The van der Waals surface area contributed by atoms with Gasteiger partial charge in [0.2, 0.25) is 5.91 Å². The number of benzene rings is 1. The third-order valence-electron chi connectivity index (χ3n) is 4.06. The van der Waals surface area contributed by atoms with Crippen molar-refractivity contribution in [3.8, 4) is 0 Å². The van der Waals surface area contributed by atoms with Gasteiger partial charge in [-0.3, -0.25) is 19.7 Å². The molecular formula is C17H19N5O4S. The van der Waals surface area contributed by atoms with Crippen molar-refractivity contribution in [1.29, 1.82) is 0 Å². The number of carbonyl (C=O) groups excluding carboxylic acids is 2. The number of nitro groups is 1. The maximum atomic E-state index is 12.7. The van der Waals surface area contributed by atoms with E-state index >= 15 is 0 Å². The number of nitrogens with one attached hydrogen (secondary N) is 2. The van der Waals surface area contributed by atoms with E-state index in [0.717, 1.165) is 17.7 Å². The SMILES string of the molecule is CCCNC(=O)Cn1nc2c(c1NC(=O)c1ccccc1[N+](=O)[O-])CSC2. The summed E-state index contributed by atoms with van der Waals surface area (Å²) >= 11 is 1.66. The van der Waals surface area contributed by atoms with Gasteiger partial charge in [-0.1, -0.05) is 19.1 Å². The van der Waals surface area contributed by atoms with Crippen LogP contribution >= 0.6 is 11.8 Å². The van der Waals surface area contributed by atoms with Gasteiger partial charge in [-0.2, -0.15) is 16.9 Å². The van der Waals surface area contributed by atoms with Gasteiger partial charge in [0, 0.05) is 29.7 Å². The number of fused-ring (bicyclic) bond motifs is 1. The van der Waals surface area contributed by atoms with Crippen LogP contribution in [0.5, 0.6) is 0 Å². The Kier molecular flexibility index (Phi) is 5.75. The highest BCUT2D eigenvalue weighted by Gasteiger charge is 2.27. The molecule has 3 rings (SSSR count). The van der Waals surface area contributed by atoms with Gasteiger partial charge in [0.15, 0.2) is 0 Å². The van der Waals surface area contributed by atoms with Gasteiger partial charge in [0.05, 0.1) is 10.6 Å². The summed E-state index contributed by atoms with van der Waals surface area (Å²) in [4.78, 5) is 35.3. The van der Waals surface area contributed by atoms with Crippen LogP contribution in [0.3, 0.4) is 0 Å². The van der Waals surface area contributed by atoms with E-state index in [1.807, 2.05) is 6.92 Å². The monoisotopic (exact) mass is 389 g/mol. The van der Waals surface area contributed by atoms with E-state index < -0.39 is 10.8 Å². The van der Waals surface area contributed by atoms with E-state index in [1.165, 1.54) is 22.9 Å². The maximum Gasteiger partial charge on any atom is 0.282 e. The second-order valence-electron chi connectivity index (χ2n) is 6.00. The van der Waals surface area contributed by atoms with Crippen LogP contribution in [0.15, 0.2) is 24.3 Å². The molecule has 0 unspecified atom stereocenters. The zero-order valence-corrected chi connectivity index (χ0v) is 15.5. The molecule has 0 aliphatic carbocycles. The first-order valence-electron chi connectivity index (χ1n) is 8.49. The average Bonchev–Trinajstić information content (AvgIpc) is 3.22. The van der Waals surface area contributed by atoms with Crippen LogP contribution in [-0.4, -0.2) is 33.1 Å². The van der Waals surface area contributed by atoms with Crippen molar-refractivity contribution in [3.05, 3.63) is 51.2 Å². The van der Waals surface area contributed by atoms with Crippen molar-refractivity contribution >= 4 is 35.1 Å². The minimum Gasteiger partial charge on any atom is -0.355 e. The molecule has 2 amide bonds. The minimum atomic E-state index is -0.600. The molecule has 142 valence electrons. The normalized spacial score (nSPS) is 12.5. The van der Waals surface area contributed by atoms with Crippen LogP contribution in [0, 0.1) is 10.1 Å². The molecule has 1 aliphatic rings. The fourth-order valence-corrected chi connectivity index (χ4v) is 3.81. The van der Waals surface area contributed by atoms with Crippen molar-refractivity contribution in [1.82, 2.24) is 15.1 Å². The predicted octanol–water partition coefficient (Wildman–Crippen LogP) is 2.32. The van der Waals surface area contributed by atoms with Crippen molar-refractivity contribution < 1.29 is 14.5 Å². The highest BCUT2D eigenvalue weighted by molar-refractivity contribution is 7.98. The number of thioether (sulfide) groups is 1. The van der Waals surface area contributed by atoms with Gasteiger partial charge in [-0.05, 0) is 12.5 Å². The van der Waals surface area contributed by atoms with E-state index in [9.17, 15) is 19.7 Å². The number of amides is 2. The molecule has 0 bridgehead atoms. The first-order chi connectivity index (χ1) is 13.0. The first kappa shape index (κ1) is 18.9. The van der Waals surface area contributed by atoms with Crippen molar-refractivity contribution in [2.75, 3.05) is 11.9 Å². The Balaban J connectivity index is 1.87. The summed E-state index contributed by atoms with van der Waals surface area (Å²) in [6, 6.07) is 5.76. The number of para-hydroxylation sites is 1. The molecular weight excluding hydrogens is 370 g/mol. The number of aromatic nitrogens is 2. The molecule has 2 N–H and O–H groups in total. The van der Waals surface area contributed by atoms with Crippen molar-refractivity contribution in [2.24, 2.45) is 0 Å². The van der Waals surface area contributed by atoms with Crippen LogP contribution in [-0.2, 0) is 22.8 Å². The minimum absolute atomic E-state index is 0.0236. The quantitative estimate of drug-likeness (QED) is 0.554. The molecule has 0 radical (unpaired) electrons. The summed E-state index contributed by atoms with van der Waals surface area (Å²) < 4.78 is 1.46. The highest BCUT2D eigenvalue weighted by atomic mass is 32.2. The molecule has 0 fully saturated rings. The number of nitro benzene ring substituents is 1. The lowest BCUT2D eigenvalue weighted by atomic mass is 10.1. The van der Waals surface area contributed by atoms with E-state index in [-0.39, 0.29) is 23.7 Å². The fourth-order valence-electron chi connectivity index (χ4n) is 2.78. The highest BCUT2D eigenvalue weighted by Crippen LogP contribution is 2.35. The number of hydrogen-bond acceptors (Lipinski definition) is 6. The van der Waals surface area contributed by atoms with Gasteiger partial charge in [0.25, 0.3) is 11.6 Å². The summed E-state index contributed by atoms with van der Waals surface area (Å²) in [5.74, 6) is 0.986. The molecule has 0 saturated carbocycles. The summed E-state index contributed by atoms with van der Waals surface area (Å²) in [5, 5.41) is 21.1. The average molecular weight is 389 g/mol. The largest absolute Gasteiger partial charge is 0.355 e. The lowest BCUT2D eigenvalue weighted by Gasteiger charge is -2.11. The third-order valence-corrected chi connectivity index (χ3v) is 5.03. The zero-order chi connectivity index (χ0) is 19.4. The Hall–Kier alpha value is -2.88. The van der Waals surface area contributed by atoms with Crippen LogP contribution in [0.4, 0.5) is 11.5 Å². The van der Waals surface area contributed by atoms with Crippen LogP contribution in [0.2, 0.25) is 0 Å². The molecule has 9 nitrogen and oxygen atoms in total. The molecule has 27 heavy (non-hydrogen) atoms. The molecule has 0 saturated heterocycles. The molecule has 2 aromatic rings. The van der Waals surface area contributed by atoms with E-state index in [0.29, 0.717) is 23.9 Å². The summed E-state index contributed by atoms with van der Waals surface area (Å²) in [7, 11) is 0. The van der Waals surface area contributed by atoms with Gasteiger partial charge < -0.3 is 10.6 Å². The topological polar surface area (TPSA) is 119 Å². The molecule has 1 aromatic heterocycles. The van der Waals surface area contributed by atoms with Crippen LogP contribution < -0.4 is 10.6 Å². The smallest absolute Gasteiger partial charge is 0.282 e. The molecule has 10 heteroatoms. The van der Waals surface area contributed by atoms with Gasteiger partial charge in [-0.25, -0.2) is 4.68 Å². The maximum absolute atomic E-state index is 12.7. The number of rotatable bonds is 7. The Morgan fingerprint density at radius 3 is 2.85 bits per heavy atom. The van der Waals surface area contributed by atoms with Crippen molar-refractivity contribution in [3.63, 3.8) is 0 Å². The van der Waals surface area contributed by atoms with E-state index in [2.05, 4.69) is 15.7 Å². The lowest BCUT2D eigenvalue weighted by Crippen LogP contribution is -2.29. The Labute approximate surface area is 159 Å². The second-order valence-corrected chi connectivity index (χ2v) is 6.99. The number of nitrogens with zero attached hydrogens (tertiary/aromatic N) is 3. The molecule has 0 atom stereocenters. The summed E-state index contributed by atoms with van der Waals surface area (Å²) in [6.07, 6.45) is 0.819. The van der Waals surface area contributed by atoms with Gasteiger partial charge in [0.1, 0.15) is 17.9 Å². The Bertz CT molecular complexity index is 895. The third kappa shape index (κ3) is 4.11. The number of hydrogen-bond donors (Lipinski definition) is 2. The molecule has 1 aromatic carbocycles. The van der Waals surface area contributed by atoms with Gasteiger partial charge in [-0.15, -0.1) is 0 Å². The lowest BCUT2D eigenvalue weighted by molar-refractivity contribution is -0.385. The molecule has 1 aliphatic heterocycles. The first-order valence-corrected chi connectivity index (χ1v) is 9.64. The number of carbonyl (C=O) groups is 2. The van der Waals surface area contributed by atoms with E-state index in [4.69, 9.17) is 0 Å². The van der Waals surface area contributed by atoms with Crippen LogP contribution in [0.25, 0.3) is 0 Å². The zero-order valence-electron chi connectivity index (χ0n) is 14.7. The molecule has 2 heterocycles.